The van der Waals surface area contributed by atoms with Gasteiger partial charge in [-0.3, -0.25) is 14.6 Å². The first-order valence-corrected chi connectivity index (χ1v) is 9.73. The Kier molecular flexibility index (Phi) is 4.92. The number of aromatic nitrogens is 1. The summed E-state index contributed by atoms with van der Waals surface area (Å²) >= 11 is 0. The number of hydrogen-bond donors (Lipinski definition) is 1. The molecule has 2 fully saturated rings. The van der Waals surface area contributed by atoms with Crippen molar-refractivity contribution in [3.05, 3.63) is 65.5 Å². The molecule has 1 aromatic carbocycles. The van der Waals surface area contributed by atoms with Crippen LogP contribution in [0, 0.1) is 6.92 Å². The average molecular weight is 363 g/mol. The minimum absolute atomic E-state index is 0.00123. The van der Waals surface area contributed by atoms with Gasteiger partial charge in [0, 0.05) is 18.3 Å². The zero-order valence-electron chi connectivity index (χ0n) is 15.6. The van der Waals surface area contributed by atoms with Gasteiger partial charge in [-0.1, -0.05) is 36.8 Å². The molecule has 5 heteroatoms. The third-order valence-corrected chi connectivity index (χ3v) is 5.71. The normalized spacial score (nSPS) is 25.3. The number of fused-ring (bicyclic) bond motifs is 1. The molecule has 0 unspecified atom stereocenters. The average Bonchev–Trinajstić information content (AvgIpc) is 3.01. The minimum Gasteiger partial charge on any atom is -0.351 e. The molecule has 2 aliphatic heterocycles. The van der Waals surface area contributed by atoms with Crippen LogP contribution in [0.3, 0.4) is 0 Å². The summed E-state index contributed by atoms with van der Waals surface area (Å²) in [7, 11) is 0. The zero-order valence-corrected chi connectivity index (χ0v) is 15.6. The number of carbonyl (C=O) groups excluding carboxylic acids is 2. The van der Waals surface area contributed by atoms with Gasteiger partial charge in [0.15, 0.2) is 0 Å². The lowest BCUT2D eigenvalue weighted by molar-refractivity contribution is -0.122. The monoisotopic (exact) mass is 363 g/mol. The molecule has 2 saturated heterocycles. The molecule has 4 rings (SSSR count). The van der Waals surface area contributed by atoms with Gasteiger partial charge < -0.3 is 10.2 Å². The SMILES string of the molecule is Cc1ccc(C(=O)N2[C@H](c3ccccc3)C[C@H]3NC(=O)CCCC[C@@H]32)cn1. The third kappa shape index (κ3) is 3.59. The largest absolute Gasteiger partial charge is 0.351 e. The molecule has 0 radical (unpaired) electrons. The van der Waals surface area contributed by atoms with E-state index in [0.717, 1.165) is 36.9 Å². The Morgan fingerprint density at radius 2 is 1.96 bits per heavy atom. The molecule has 0 bridgehead atoms. The molecule has 3 atom stereocenters. The number of hydrogen-bond acceptors (Lipinski definition) is 3. The first-order valence-electron chi connectivity index (χ1n) is 9.73. The van der Waals surface area contributed by atoms with Crippen molar-refractivity contribution in [2.45, 2.75) is 57.2 Å². The Bertz CT molecular complexity index is 819. The fourth-order valence-corrected chi connectivity index (χ4v) is 4.36. The molecule has 5 nitrogen and oxygen atoms in total. The lowest BCUT2D eigenvalue weighted by atomic mass is 9.97. The summed E-state index contributed by atoms with van der Waals surface area (Å²) in [6.45, 7) is 1.91. The van der Waals surface area contributed by atoms with E-state index < -0.39 is 0 Å². The summed E-state index contributed by atoms with van der Waals surface area (Å²) in [4.78, 5) is 31.9. The second-order valence-electron chi connectivity index (χ2n) is 7.55. The molecule has 1 aromatic heterocycles. The number of pyridine rings is 1. The van der Waals surface area contributed by atoms with Crippen LogP contribution >= 0.6 is 0 Å². The minimum atomic E-state index is -0.0339. The van der Waals surface area contributed by atoms with E-state index in [9.17, 15) is 9.59 Å². The van der Waals surface area contributed by atoms with Crippen molar-refractivity contribution in [3.63, 3.8) is 0 Å². The number of nitrogens with one attached hydrogen (secondary N) is 1. The Hall–Kier alpha value is -2.69. The van der Waals surface area contributed by atoms with E-state index in [1.807, 2.05) is 42.2 Å². The fourth-order valence-electron chi connectivity index (χ4n) is 4.36. The number of benzene rings is 1. The maximum Gasteiger partial charge on any atom is 0.256 e. The Morgan fingerprint density at radius 3 is 2.70 bits per heavy atom. The van der Waals surface area contributed by atoms with E-state index in [4.69, 9.17) is 0 Å². The topological polar surface area (TPSA) is 62.3 Å². The van der Waals surface area contributed by atoms with E-state index in [1.165, 1.54) is 0 Å². The lowest BCUT2D eigenvalue weighted by Gasteiger charge is -2.33. The van der Waals surface area contributed by atoms with Crippen molar-refractivity contribution >= 4 is 11.8 Å². The second kappa shape index (κ2) is 7.51. The molecule has 1 N–H and O–H groups in total. The zero-order chi connectivity index (χ0) is 18.8. The van der Waals surface area contributed by atoms with Crippen LogP contribution in [-0.2, 0) is 4.79 Å². The van der Waals surface area contributed by atoms with Gasteiger partial charge in [-0.25, -0.2) is 0 Å². The quantitative estimate of drug-likeness (QED) is 0.889. The first kappa shape index (κ1) is 17.7. The van der Waals surface area contributed by atoms with Crippen LogP contribution in [-0.4, -0.2) is 33.8 Å². The highest BCUT2D eigenvalue weighted by atomic mass is 16.2. The summed E-state index contributed by atoms with van der Waals surface area (Å²) in [5, 5.41) is 3.18. The molecular formula is C22H25N3O2. The van der Waals surface area contributed by atoms with E-state index in [-0.39, 0.29) is 29.9 Å². The van der Waals surface area contributed by atoms with E-state index in [1.54, 1.807) is 6.20 Å². The number of amides is 2. The third-order valence-electron chi connectivity index (χ3n) is 5.71. The number of rotatable bonds is 2. The first-order chi connectivity index (χ1) is 13.1. The highest BCUT2D eigenvalue weighted by Crippen LogP contribution is 2.40. The molecule has 0 aliphatic carbocycles. The van der Waals surface area contributed by atoms with Crippen molar-refractivity contribution in [1.82, 2.24) is 15.2 Å². The summed E-state index contributed by atoms with van der Waals surface area (Å²) in [6.07, 6.45) is 5.75. The van der Waals surface area contributed by atoms with Crippen LogP contribution in [0.15, 0.2) is 48.7 Å². The van der Waals surface area contributed by atoms with Crippen LogP contribution < -0.4 is 5.32 Å². The number of likely N-dealkylation sites (tertiary alicyclic amines) is 1. The smallest absolute Gasteiger partial charge is 0.256 e. The Labute approximate surface area is 159 Å². The summed E-state index contributed by atoms with van der Waals surface area (Å²) < 4.78 is 0. The van der Waals surface area contributed by atoms with Gasteiger partial charge in [-0.2, -0.15) is 0 Å². The van der Waals surface area contributed by atoms with Crippen molar-refractivity contribution in [3.8, 4) is 0 Å². The fraction of sp³-hybridized carbons (Fsp3) is 0.409. The van der Waals surface area contributed by atoms with Crippen molar-refractivity contribution in [2.75, 3.05) is 0 Å². The summed E-state index contributed by atoms with van der Waals surface area (Å²) in [5.41, 5.74) is 2.62. The Morgan fingerprint density at radius 1 is 1.15 bits per heavy atom. The molecule has 0 spiro atoms. The number of aryl methyl sites for hydroxylation is 1. The molecule has 0 saturated carbocycles. The van der Waals surface area contributed by atoms with Crippen LogP contribution in [0.25, 0.3) is 0 Å². The maximum atomic E-state index is 13.4. The van der Waals surface area contributed by atoms with Gasteiger partial charge in [0.1, 0.15) is 0 Å². The molecule has 3 heterocycles. The van der Waals surface area contributed by atoms with Crippen LogP contribution in [0.1, 0.15) is 59.8 Å². The molecule has 140 valence electrons. The maximum absolute atomic E-state index is 13.4. The molecule has 27 heavy (non-hydrogen) atoms. The second-order valence-corrected chi connectivity index (χ2v) is 7.55. The predicted octanol–water partition coefficient (Wildman–Crippen LogP) is 3.40. The summed E-state index contributed by atoms with van der Waals surface area (Å²) in [6, 6.07) is 13.8. The van der Waals surface area contributed by atoms with Crippen LogP contribution in [0.5, 0.6) is 0 Å². The Balaban J connectivity index is 1.71. The molecule has 2 aliphatic rings. The summed E-state index contributed by atoms with van der Waals surface area (Å²) in [5.74, 6) is 0.0986. The van der Waals surface area contributed by atoms with E-state index >= 15 is 0 Å². The van der Waals surface area contributed by atoms with Crippen molar-refractivity contribution in [2.24, 2.45) is 0 Å². The molecule has 2 amide bonds. The van der Waals surface area contributed by atoms with E-state index in [2.05, 4.69) is 22.4 Å². The van der Waals surface area contributed by atoms with Crippen LogP contribution in [0.2, 0.25) is 0 Å². The van der Waals surface area contributed by atoms with Gasteiger partial charge in [0.25, 0.3) is 5.91 Å². The molecular weight excluding hydrogens is 338 g/mol. The standard InChI is InChI=1S/C22H25N3O2/c1-15-11-12-17(14-23-15)22(27)25-19-9-5-6-10-21(26)24-18(19)13-20(25)16-7-3-2-4-8-16/h2-4,7-8,11-12,14,18-20H,5-6,9-10,13H2,1H3,(H,24,26)/t18-,19+,20+/m1/s1. The van der Waals surface area contributed by atoms with Crippen molar-refractivity contribution in [1.29, 1.82) is 0 Å². The van der Waals surface area contributed by atoms with Gasteiger partial charge in [0.05, 0.1) is 23.7 Å². The van der Waals surface area contributed by atoms with Gasteiger partial charge >= 0.3 is 0 Å². The number of nitrogens with zero attached hydrogens (tertiary/aromatic N) is 2. The lowest BCUT2D eigenvalue weighted by Crippen LogP contribution is -2.48. The van der Waals surface area contributed by atoms with Gasteiger partial charge in [0.2, 0.25) is 5.91 Å². The predicted molar refractivity (Wildman–Crippen MR) is 103 cm³/mol. The van der Waals surface area contributed by atoms with Gasteiger partial charge in [-0.15, -0.1) is 0 Å². The van der Waals surface area contributed by atoms with Crippen molar-refractivity contribution < 1.29 is 9.59 Å². The highest BCUT2D eigenvalue weighted by Gasteiger charge is 2.45. The highest BCUT2D eigenvalue weighted by molar-refractivity contribution is 5.95. The van der Waals surface area contributed by atoms with Crippen LogP contribution in [0.4, 0.5) is 0 Å². The van der Waals surface area contributed by atoms with E-state index in [0.29, 0.717) is 12.0 Å². The number of carbonyl (C=O) groups is 2. The van der Waals surface area contributed by atoms with Gasteiger partial charge in [-0.05, 0) is 43.9 Å². The molecule has 2 aromatic rings.